The van der Waals surface area contributed by atoms with Crippen LogP contribution in [0, 0.1) is 5.92 Å². The van der Waals surface area contributed by atoms with E-state index in [0.29, 0.717) is 12.8 Å². The summed E-state index contributed by atoms with van der Waals surface area (Å²) in [5.41, 5.74) is -1.96. The number of carbonyl (C=O) groups excluding carboxylic acids is 4. The van der Waals surface area contributed by atoms with Crippen molar-refractivity contribution in [1.82, 2.24) is 0 Å². The third-order valence-corrected chi connectivity index (χ3v) is 6.30. The lowest BCUT2D eigenvalue weighted by molar-refractivity contribution is -0.153. The van der Waals surface area contributed by atoms with Crippen LogP contribution in [-0.2, 0) is 23.9 Å². The Morgan fingerprint density at radius 2 is 1.67 bits per heavy atom. The molecule has 7 heteroatoms. The van der Waals surface area contributed by atoms with Gasteiger partial charge in [-0.25, -0.2) is 4.79 Å². The number of hydrogen-bond donors (Lipinski definition) is 1. The van der Waals surface area contributed by atoms with E-state index in [9.17, 15) is 24.3 Å². The first kappa shape index (κ1) is 22.5. The third-order valence-electron chi connectivity index (χ3n) is 6.30. The van der Waals surface area contributed by atoms with E-state index in [1.165, 1.54) is 0 Å². The van der Waals surface area contributed by atoms with Gasteiger partial charge in [0.15, 0.2) is 5.54 Å². The molecule has 2 unspecified atom stereocenters. The topological polar surface area (TPSA) is 101 Å². The molecule has 0 spiro atoms. The Kier molecular flexibility index (Phi) is 6.14. The van der Waals surface area contributed by atoms with Gasteiger partial charge in [0.05, 0.1) is 18.1 Å². The summed E-state index contributed by atoms with van der Waals surface area (Å²) in [6.07, 6.45) is 1.80. The normalized spacial score (nSPS) is 24.7. The van der Waals surface area contributed by atoms with Gasteiger partial charge in [-0.1, -0.05) is 55.0 Å². The number of ether oxygens (including phenoxy) is 1. The monoisotopic (exact) mass is 447 g/mol. The summed E-state index contributed by atoms with van der Waals surface area (Å²) in [6.45, 7) is 1.59. The highest BCUT2D eigenvalue weighted by Gasteiger charge is 2.68. The van der Waals surface area contributed by atoms with Crippen LogP contribution in [-0.4, -0.2) is 40.7 Å². The predicted octanol–water partition coefficient (Wildman–Crippen LogP) is 3.63. The maximum absolute atomic E-state index is 13.8. The van der Waals surface area contributed by atoms with Gasteiger partial charge >= 0.3 is 11.9 Å². The van der Waals surface area contributed by atoms with Crippen LogP contribution < -0.4 is 4.90 Å². The SMILES string of the molecule is CCOC(=O)C1(C2CCCCC2=O)/C(=C(\O)c2ccccc2)C(=O)C(=O)N1c1ccccc1. The molecule has 2 aromatic carbocycles. The number of ketones is 2. The minimum Gasteiger partial charge on any atom is -0.507 e. The van der Waals surface area contributed by atoms with E-state index in [1.807, 2.05) is 0 Å². The zero-order chi connectivity index (χ0) is 23.6. The van der Waals surface area contributed by atoms with Gasteiger partial charge in [-0.2, -0.15) is 0 Å². The molecule has 4 rings (SSSR count). The number of anilines is 1. The molecule has 7 nitrogen and oxygen atoms in total. The van der Waals surface area contributed by atoms with Crippen LogP contribution in [0.5, 0.6) is 0 Å². The largest absolute Gasteiger partial charge is 0.507 e. The molecule has 1 aliphatic carbocycles. The van der Waals surface area contributed by atoms with Crippen LogP contribution in [0.2, 0.25) is 0 Å². The number of aliphatic hydroxyl groups is 1. The Balaban J connectivity index is 2.10. The van der Waals surface area contributed by atoms with Crippen molar-refractivity contribution < 1.29 is 29.0 Å². The molecule has 0 bridgehead atoms. The minimum absolute atomic E-state index is 0.0219. The molecule has 2 aliphatic rings. The van der Waals surface area contributed by atoms with Crippen LogP contribution in [0.15, 0.2) is 66.2 Å². The molecule has 1 heterocycles. The van der Waals surface area contributed by atoms with Crippen molar-refractivity contribution >= 4 is 34.9 Å². The van der Waals surface area contributed by atoms with Crippen LogP contribution in [0.4, 0.5) is 5.69 Å². The van der Waals surface area contributed by atoms with Crippen molar-refractivity contribution in [1.29, 1.82) is 0 Å². The summed E-state index contributed by atoms with van der Waals surface area (Å²) >= 11 is 0. The van der Waals surface area contributed by atoms with Gasteiger partial charge in [-0.05, 0) is 31.9 Å². The van der Waals surface area contributed by atoms with Gasteiger partial charge in [-0.15, -0.1) is 0 Å². The van der Waals surface area contributed by atoms with E-state index in [4.69, 9.17) is 4.74 Å². The molecule has 1 saturated carbocycles. The Bertz CT molecular complexity index is 1120. The van der Waals surface area contributed by atoms with E-state index in [1.54, 1.807) is 67.6 Å². The Hall–Kier alpha value is -3.74. The van der Waals surface area contributed by atoms with E-state index < -0.39 is 40.4 Å². The predicted molar refractivity (Wildman–Crippen MR) is 121 cm³/mol. The molecule has 1 saturated heterocycles. The lowest BCUT2D eigenvalue weighted by atomic mass is 9.69. The summed E-state index contributed by atoms with van der Waals surface area (Å²) in [4.78, 5) is 54.9. The number of rotatable bonds is 5. The first-order valence-electron chi connectivity index (χ1n) is 11.1. The summed E-state index contributed by atoms with van der Waals surface area (Å²) in [6, 6.07) is 16.5. The lowest BCUT2D eigenvalue weighted by Crippen LogP contribution is -2.61. The Morgan fingerprint density at radius 1 is 1.03 bits per heavy atom. The number of benzene rings is 2. The number of hydrogen-bond acceptors (Lipinski definition) is 6. The maximum Gasteiger partial charge on any atom is 0.338 e. The number of Topliss-reactive ketones (excluding diaryl/α,β-unsaturated/α-hetero) is 2. The Morgan fingerprint density at radius 3 is 2.27 bits per heavy atom. The van der Waals surface area contributed by atoms with Gasteiger partial charge in [0.25, 0.3) is 5.78 Å². The average Bonchev–Trinajstić information content (AvgIpc) is 3.08. The molecule has 0 radical (unpaired) electrons. The number of esters is 1. The molecular formula is C26H25NO6. The molecule has 1 amide bonds. The smallest absolute Gasteiger partial charge is 0.338 e. The quantitative estimate of drug-likeness (QED) is 0.325. The van der Waals surface area contributed by atoms with Crippen molar-refractivity contribution in [3.8, 4) is 0 Å². The first-order valence-corrected chi connectivity index (χ1v) is 11.1. The van der Waals surface area contributed by atoms with E-state index in [2.05, 4.69) is 0 Å². The van der Waals surface area contributed by atoms with E-state index in [0.717, 1.165) is 4.90 Å². The second-order valence-corrected chi connectivity index (χ2v) is 8.15. The fraction of sp³-hybridized carbons (Fsp3) is 0.308. The number of amides is 1. The van der Waals surface area contributed by atoms with Crippen molar-refractivity contribution in [2.24, 2.45) is 5.92 Å². The van der Waals surface area contributed by atoms with Gasteiger partial charge < -0.3 is 9.84 Å². The lowest BCUT2D eigenvalue weighted by Gasteiger charge is -2.42. The number of para-hydroxylation sites is 1. The number of aliphatic hydroxyl groups excluding tert-OH is 1. The molecule has 1 N–H and O–H groups in total. The second kappa shape index (κ2) is 9.02. The molecule has 33 heavy (non-hydrogen) atoms. The van der Waals surface area contributed by atoms with Crippen molar-refractivity contribution in [3.63, 3.8) is 0 Å². The van der Waals surface area contributed by atoms with E-state index >= 15 is 0 Å². The second-order valence-electron chi connectivity index (χ2n) is 8.15. The van der Waals surface area contributed by atoms with E-state index in [-0.39, 0.29) is 36.5 Å². The van der Waals surface area contributed by atoms with Crippen molar-refractivity contribution in [2.75, 3.05) is 11.5 Å². The summed E-state index contributed by atoms with van der Waals surface area (Å²) in [7, 11) is 0. The maximum atomic E-state index is 13.8. The van der Waals surface area contributed by atoms with Crippen LogP contribution >= 0.6 is 0 Å². The first-order chi connectivity index (χ1) is 15.9. The van der Waals surface area contributed by atoms with Crippen molar-refractivity contribution in [3.05, 3.63) is 71.8 Å². The third kappa shape index (κ3) is 3.53. The number of nitrogens with zero attached hydrogens (tertiary/aromatic N) is 1. The molecule has 170 valence electrons. The standard InChI is InChI=1S/C26H25NO6/c1-2-33-25(32)26(19-15-9-10-16-20(19)28)21(22(29)17-11-5-3-6-12-17)23(30)24(31)27(26)18-13-7-4-8-14-18/h3-8,11-14,19,29H,2,9-10,15-16H2,1H3/b22-21-. The van der Waals surface area contributed by atoms with Crippen LogP contribution in [0.25, 0.3) is 5.76 Å². The Labute approximate surface area is 191 Å². The molecule has 1 aliphatic heterocycles. The summed E-state index contributed by atoms with van der Waals surface area (Å²) in [5.74, 6) is -4.67. The highest BCUT2D eigenvalue weighted by molar-refractivity contribution is 6.54. The molecule has 2 fully saturated rings. The molecule has 2 aromatic rings. The highest BCUT2D eigenvalue weighted by atomic mass is 16.5. The zero-order valence-corrected chi connectivity index (χ0v) is 18.3. The van der Waals surface area contributed by atoms with Gasteiger partial charge in [0.2, 0.25) is 0 Å². The average molecular weight is 447 g/mol. The summed E-state index contributed by atoms with van der Waals surface area (Å²) < 4.78 is 5.41. The van der Waals surface area contributed by atoms with Crippen LogP contribution in [0.1, 0.15) is 38.2 Å². The highest BCUT2D eigenvalue weighted by Crippen LogP contribution is 2.49. The van der Waals surface area contributed by atoms with Crippen LogP contribution in [0.3, 0.4) is 0 Å². The van der Waals surface area contributed by atoms with Gasteiger partial charge in [0, 0.05) is 17.7 Å². The van der Waals surface area contributed by atoms with Crippen molar-refractivity contribution in [2.45, 2.75) is 38.1 Å². The molecule has 2 atom stereocenters. The molecule has 0 aromatic heterocycles. The molecular weight excluding hydrogens is 422 g/mol. The fourth-order valence-corrected chi connectivity index (χ4v) is 4.91. The number of carbonyl (C=O) groups is 4. The van der Waals surface area contributed by atoms with Gasteiger partial charge in [0.1, 0.15) is 11.5 Å². The fourth-order valence-electron chi connectivity index (χ4n) is 4.91. The van der Waals surface area contributed by atoms with Gasteiger partial charge in [-0.3, -0.25) is 19.3 Å². The minimum atomic E-state index is -2.09. The summed E-state index contributed by atoms with van der Waals surface area (Å²) in [5, 5.41) is 11.3. The zero-order valence-electron chi connectivity index (χ0n) is 18.3.